The van der Waals surface area contributed by atoms with Gasteiger partial charge in [-0.05, 0) is 61.0 Å². The van der Waals surface area contributed by atoms with E-state index in [9.17, 15) is 14.7 Å². The highest BCUT2D eigenvalue weighted by Gasteiger charge is 2.14. The molecule has 1 aromatic heterocycles. The molecule has 0 aliphatic carbocycles. The molecular weight excluding hydrogens is 400 g/mol. The normalized spacial score (nSPS) is 12.4. The van der Waals surface area contributed by atoms with Crippen LogP contribution in [0.2, 0.25) is 0 Å². The van der Waals surface area contributed by atoms with Gasteiger partial charge in [-0.25, -0.2) is 5.48 Å². The highest BCUT2D eigenvalue weighted by Crippen LogP contribution is 2.27. The lowest BCUT2D eigenvalue weighted by molar-refractivity contribution is -0.118. The number of hydrogen-bond donors (Lipinski definition) is 4. The summed E-state index contributed by atoms with van der Waals surface area (Å²) in [5, 5.41) is 21.8. The molecule has 0 aliphatic heterocycles. The predicted molar refractivity (Wildman–Crippen MR) is 115 cm³/mol. The Hall–Kier alpha value is -3.78. The van der Waals surface area contributed by atoms with Crippen molar-refractivity contribution in [2.24, 2.45) is 0 Å². The zero-order valence-electron chi connectivity index (χ0n) is 17.2. The van der Waals surface area contributed by atoms with Crippen LogP contribution in [0.15, 0.2) is 59.0 Å². The number of carbonyl (C=O) groups is 2. The Balaban J connectivity index is 1.68. The number of aromatic hydroxyl groups is 1. The SMILES string of the molecule is CCCC(NC(=O)/C=C(/C)c1cc2cc(O)ccc2o1)Oc1ccc(C(=O)NO)cc1. The number of furan rings is 1. The Morgan fingerprint density at radius 1 is 1.16 bits per heavy atom. The number of carbonyl (C=O) groups excluding carboxylic acids is 2. The molecule has 2 amide bonds. The second-order valence-electron chi connectivity index (χ2n) is 7.03. The zero-order valence-corrected chi connectivity index (χ0v) is 17.2. The summed E-state index contributed by atoms with van der Waals surface area (Å²) < 4.78 is 11.6. The first kappa shape index (κ1) is 21.9. The molecule has 0 saturated carbocycles. The van der Waals surface area contributed by atoms with E-state index in [1.165, 1.54) is 24.3 Å². The van der Waals surface area contributed by atoms with Gasteiger partial charge in [0.05, 0.1) is 0 Å². The number of ether oxygens (including phenoxy) is 1. The fourth-order valence-corrected chi connectivity index (χ4v) is 3.03. The molecule has 1 unspecified atom stereocenters. The van der Waals surface area contributed by atoms with Crippen molar-refractivity contribution in [2.75, 3.05) is 0 Å². The summed E-state index contributed by atoms with van der Waals surface area (Å²) in [6.45, 7) is 3.74. The summed E-state index contributed by atoms with van der Waals surface area (Å²) in [6.07, 6.45) is 2.23. The molecule has 0 bridgehead atoms. The van der Waals surface area contributed by atoms with Crippen LogP contribution < -0.4 is 15.5 Å². The summed E-state index contributed by atoms with van der Waals surface area (Å²) in [7, 11) is 0. The summed E-state index contributed by atoms with van der Waals surface area (Å²) in [4.78, 5) is 23.9. The number of hydroxylamine groups is 1. The summed E-state index contributed by atoms with van der Waals surface area (Å²) in [6, 6.07) is 12.8. The molecule has 0 aliphatic rings. The minimum atomic E-state index is -0.619. The highest BCUT2D eigenvalue weighted by atomic mass is 16.5. The summed E-state index contributed by atoms with van der Waals surface area (Å²) >= 11 is 0. The van der Waals surface area contributed by atoms with Crippen LogP contribution in [0.3, 0.4) is 0 Å². The minimum Gasteiger partial charge on any atom is -0.508 e. The zero-order chi connectivity index (χ0) is 22.4. The van der Waals surface area contributed by atoms with Gasteiger partial charge in [0, 0.05) is 23.4 Å². The number of phenols is 1. The third kappa shape index (κ3) is 5.64. The van der Waals surface area contributed by atoms with E-state index in [1.807, 2.05) is 6.92 Å². The van der Waals surface area contributed by atoms with Crippen molar-refractivity contribution in [3.63, 3.8) is 0 Å². The molecular formula is C23H24N2O6. The van der Waals surface area contributed by atoms with Crippen molar-refractivity contribution in [3.8, 4) is 11.5 Å². The smallest absolute Gasteiger partial charge is 0.274 e. The van der Waals surface area contributed by atoms with Gasteiger partial charge >= 0.3 is 0 Å². The molecule has 0 saturated heterocycles. The molecule has 4 N–H and O–H groups in total. The molecule has 31 heavy (non-hydrogen) atoms. The number of allylic oxidation sites excluding steroid dienone is 1. The van der Waals surface area contributed by atoms with E-state index < -0.39 is 12.1 Å². The van der Waals surface area contributed by atoms with E-state index in [4.69, 9.17) is 14.4 Å². The van der Waals surface area contributed by atoms with Crippen LogP contribution in [0, 0.1) is 0 Å². The van der Waals surface area contributed by atoms with Crippen molar-refractivity contribution < 1.29 is 29.1 Å². The second-order valence-corrected chi connectivity index (χ2v) is 7.03. The van der Waals surface area contributed by atoms with Crippen molar-refractivity contribution >= 4 is 28.4 Å². The average Bonchev–Trinajstić information content (AvgIpc) is 3.17. The van der Waals surface area contributed by atoms with E-state index in [0.717, 1.165) is 11.8 Å². The number of rotatable bonds is 8. The molecule has 162 valence electrons. The topological polar surface area (TPSA) is 121 Å². The van der Waals surface area contributed by atoms with Gasteiger partial charge in [-0.1, -0.05) is 13.3 Å². The van der Waals surface area contributed by atoms with E-state index in [0.29, 0.717) is 29.1 Å². The monoisotopic (exact) mass is 424 g/mol. The Morgan fingerprint density at radius 3 is 2.58 bits per heavy atom. The molecule has 8 nitrogen and oxygen atoms in total. The van der Waals surface area contributed by atoms with Crippen LogP contribution in [-0.2, 0) is 4.79 Å². The molecule has 2 aromatic carbocycles. The molecule has 3 rings (SSSR count). The maximum atomic E-state index is 12.5. The van der Waals surface area contributed by atoms with Gasteiger partial charge in [-0.2, -0.15) is 0 Å². The second kappa shape index (κ2) is 9.82. The van der Waals surface area contributed by atoms with Gasteiger partial charge in [-0.15, -0.1) is 0 Å². The third-order valence-corrected chi connectivity index (χ3v) is 4.59. The largest absolute Gasteiger partial charge is 0.508 e. The maximum absolute atomic E-state index is 12.5. The average molecular weight is 424 g/mol. The van der Waals surface area contributed by atoms with Crippen LogP contribution in [0.1, 0.15) is 42.8 Å². The lowest BCUT2D eigenvalue weighted by Crippen LogP contribution is -2.38. The summed E-state index contributed by atoms with van der Waals surface area (Å²) in [5.41, 5.74) is 3.09. The van der Waals surface area contributed by atoms with Gasteiger partial charge < -0.3 is 19.6 Å². The van der Waals surface area contributed by atoms with E-state index in [1.54, 1.807) is 42.7 Å². The predicted octanol–water partition coefficient (Wildman–Crippen LogP) is 3.98. The lowest BCUT2D eigenvalue weighted by Gasteiger charge is -2.19. The molecule has 0 spiro atoms. The number of benzene rings is 2. The molecule has 3 aromatic rings. The number of fused-ring (bicyclic) bond motifs is 1. The first-order chi connectivity index (χ1) is 14.9. The molecule has 8 heteroatoms. The van der Waals surface area contributed by atoms with E-state index in [2.05, 4.69) is 5.32 Å². The number of nitrogens with one attached hydrogen (secondary N) is 2. The summed E-state index contributed by atoms with van der Waals surface area (Å²) in [5.74, 6) is 0.193. The standard InChI is InChI=1S/C23H24N2O6/c1-3-4-22(30-18-8-5-15(6-9-18)23(28)25-29)24-21(27)11-14(2)20-13-16-12-17(26)7-10-19(16)31-20/h5-13,22,26,29H,3-4H2,1-2H3,(H,24,27)(H,25,28)/b14-11-. The first-order valence-corrected chi connectivity index (χ1v) is 9.82. The highest BCUT2D eigenvalue weighted by molar-refractivity contribution is 5.95. The fourth-order valence-electron chi connectivity index (χ4n) is 3.03. The lowest BCUT2D eigenvalue weighted by atomic mass is 10.2. The minimum absolute atomic E-state index is 0.142. The van der Waals surface area contributed by atoms with E-state index >= 15 is 0 Å². The van der Waals surface area contributed by atoms with Gasteiger partial charge in [-0.3, -0.25) is 14.8 Å². The third-order valence-electron chi connectivity index (χ3n) is 4.59. The van der Waals surface area contributed by atoms with Crippen molar-refractivity contribution in [1.29, 1.82) is 0 Å². The van der Waals surface area contributed by atoms with Crippen LogP contribution in [-0.4, -0.2) is 28.4 Å². The fraction of sp³-hybridized carbons (Fsp3) is 0.217. The van der Waals surface area contributed by atoms with Crippen molar-refractivity contribution in [2.45, 2.75) is 32.9 Å². The van der Waals surface area contributed by atoms with Crippen LogP contribution in [0.25, 0.3) is 16.5 Å². The molecule has 1 atom stereocenters. The molecule has 0 fully saturated rings. The number of phenolic OH excluding ortho intramolecular Hbond substituents is 1. The van der Waals surface area contributed by atoms with E-state index in [-0.39, 0.29) is 17.2 Å². The Labute approximate surface area is 179 Å². The van der Waals surface area contributed by atoms with Gasteiger partial charge in [0.2, 0.25) is 5.91 Å². The first-order valence-electron chi connectivity index (χ1n) is 9.82. The number of amides is 2. The van der Waals surface area contributed by atoms with Crippen LogP contribution in [0.4, 0.5) is 0 Å². The number of hydrogen-bond acceptors (Lipinski definition) is 6. The Morgan fingerprint density at radius 2 is 1.90 bits per heavy atom. The van der Waals surface area contributed by atoms with Crippen LogP contribution in [0.5, 0.6) is 11.5 Å². The maximum Gasteiger partial charge on any atom is 0.274 e. The molecule has 1 heterocycles. The van der Waals surface area contributed by atoms with Gasteiger partial charge in [0.1, 0.15) is 22.8 Å². The quantitative estimate of drug-likeness (QED) is 0.188. The Bertz CT molecular complexity index is 1100. The van der Waals surface area contributed by atoms with Crippen molar-refractivity contribution in [1.82, 2.24) is 10.8 Å². The van der Waals surface area contributed by atoms with Crippen LogP contribution >= 0.6 is 0 Å². The molecule has 0 radical (unpaired) electrons. The van der Waals surface area contributed by atoms with Gasteiger partial charge in [0.25, 0.3) is 5.91 Å². The van der Waals surface area contributed by atoms with Gasteiger partial charge in [0.15, 0.2) is 6.23 Å². The Kier molecular flexibility index (Phi) is 6.94. The van der Waals surface area contributed by atoms with Crippen molar-refractivity contribution in [3.05, 3.63) is 65.9 Å².